The lowest BCUT2D eigenvalue weighted by Crippen LogP contribution is -2.22. The summed E-state index contributed by atoms with van der Waals surface area (Å²) in [6.45, 7) is 2.15. The van der Waals surface area contributed by atoms with Crippen molar-refractivity contribution in [3.05, 3.63) is 46.0 Å². The molecule has 1 fully saturated rings. The van der Waals surface area contributed by atoms with E-state index in [4.69, 9.17) is 4.42 Å². The Hall–Kier alpha value is -2.45. The van der Waals surface area contributed by atoms with Gasteiger partial charge < -0.3 is 15.1 Å². The molecule has 1 saturated carbocycles. The number of aromatic nitrogens is 1. The van der Waals surface area contributed by atoms with Crippen molar-refractivity contribution in [2.75, 3.05) is 5.32 Å². The number of nitrogens with one attached hydrogen (secondary N) is 2. The number of aryl methyl sites for hydroxylation is 1. The van der Waals surface area contributed by atoms with Crippen molar-refractivity contribution in [2.45, 2.75) is 26.3 Å². The van der Waals surface area contributed by atoms with Crippen LogP contribution in [0.2, 0.25) is 0 Å². The Balaban J connectivity index is 1.37. The maximum absolute atomic E-state index is 12.4. The van der Waals surface area contributed by atoms with Crippen molar-refractivity contribution in [3.8, 4) is 10.8 Å². The fourth-order valence-electron chi connectivity index (χ4n) is 2.49. The molecule has 0 aromatic carbocycles. The van der Waals surface area contributed by atoms with Gasteiger partial charge >= 0.3 is 0 Å². The van der Waals surface area contributed by atoms with E-state index < -0.39 is 0 Å². The predicted octanol–water partition coefficient (Wildman–Crippen LogP) is 4.05. The largest absolute Gasteiger partial charge is 0.443 e. The van der Waals surface area contributed by atoms with Crippen LogP contribution in [0.4, 0.5) is 5.00 Å². The Bertz CT molecular complexity index is 939. The zero-order valence-electron chi connectivity index (χ0n) is 14.1. The lowest BCUT2D eigenvalue weighted by atomic mass is 10.2. The Morgan fingerprint density at radius 1 is 1.38 bits per heavy atom. The Morgan fingerprint density at radius 3 is 2.96 bits per heavy atom. The van der Waals surface area contributed by atoms with Crippen LogP contribution >= 0.6 is 22.7 Å². The number of amides is 2. The van der Waals surface area contributed by atoms with Gasteiger partial charge in [0.1, 0.15) is 6.26 Å². The summed E-state index contributed by atoms with van der Waals surface area (Å²) < 4.78 is 5.45. The Morgan fingerprint density at radius 2 is 2.23 bits per heavy atom. The fourth-order valence-corrected chi connectivity index (χ4v) is 4.14. The minimum absolute atomic E-state index is 0.0434. The molecule has 3 heterocycles. The van der Waals surface area contributed by atoms with Gasteiger partial charge in [0.25, 0.3) is 5.91 Å². The summed E-state index contributed by atoms with van der Waals surface area (Å²) in [6.07, 6.45) is 3.46. The zero-order chi connectivity index (χ0) is 18.1. The van der Waals surface area contributed by atoms with E-state index in [0.717, 1.165) is 23.3 Å². The molecule has 3 aromatic rings. The molecule has 8 heteroatoms. The van der Waals surface area contributed by atoms with Crippen LogP contribution in [0.15, 0.2) is 34.3 Å². The first-order chi connectivity index (χ1) is 12.6. The topological polar surface area (TPSA) is 84.2 Å². The number of hydrogen-bond acceptors (Lipinski definition) is 6. The number of anilines is 1. The Kier molecular flexibility index (Phi) is 4.60. The Labute approximate surface area is 158 Å². The summed E-state index contributed by atoms with van der Waals surface area (Å²) in [4.78, 5) is 30.2. The van der Waals surface area contributed by atoms with Crippen LogP contribution in [-0.4, -0.2) is 16.8 Å². The van der Waals surface area contributed by atoms with Gasteiger partial charge in [0.15, 0.2) is 0 Å². The molecule has 1 aliphatic carbocycles. The molecular weight excluding hydrogens is 370 g/mol. The van der Waals surface area contributed by atoms with E-state index >= 15 is 0 Å². The van der Waals surface area contributed by atoms with Crippen molar-refractivity contribution in [1.29, 1.82) is 0 Å². The van der Waals surface area contributed by atoms with Gasteiger partial charge in [0.05, 0.1) is 27.0 Å². The summed E-state index contributed by atoms with van der Waals surface area (Å²) in [7, 11) is 0. The molecule has 0 atom stereocenters. The molecule has 2 amide bonds. The third-order valence-electron chi connectivity index (χ3n) is 4.03. The van der Waals surface area contributed by atoms with Crippen LogP contribution in [0.5, 0.6) is 0 Å². The summed E-state index contributed by atoms with van der Waals surface area (Å²) in [5.41, 5.74) is 1.51. The molecule has 0 saturated heterocycles. The molecule has 26 heavy (non-hydrogen) atoms. The normalized spacial score (nSPS) is 13.6. The van der Waals surface area contributed by atoms with E-state index in [0.29, 0.717) is 21.5 Å². The molecule has 0 bridgehead atoms. The van der Waals surface area contributed by atoms with Crippen molar-refractivity contribution < 1.29 is 14.0 Å². The van der Waals surface area contributed by atoms with Gasteiger partial charge in [-0.3, -0.25) is 9.59 Å². The number of carbonyl (C=O) groups is 2. The second-order valence-corrected chi connectivity index (χ2v) is 8.19. The molecule has 134 valence electrons. The van der Waals surface area contributed by atoms with Gasteiger partial charge in [-0.25, -0.2) is 4.98 Å². The summed E-state index contributed by atoms with van der Waals surface area (Å²) >= 11 is 2.84. The third-order valence-corrected chi connectivity index (χ3v) is 6.04. The average Bonchev–Trinajstić information content (AvgIpc) is 3.00. The minimum atomic E-state index is -0.180. The number of rotatable bonds is 6. The lowest BCUT2D eigenvalue weighted by molar-refractivity contribution is -0.117. The van der Waals surface area contributed by atoms with E-state index in [1.165, 1.54) is 11.3 Å². The number of hydrogen-bond donors (Lipinski definition) is 2. The van der Waals surface area contributed by atoms with Crippen LogP contribution in [0.25, 0.3) is 10.8 Å². The molecule has 4 rings (SSSR count). The highest BCUT2D eigenvalue weighted by Gasteiger charge is 2.30. The number of nitrogens with zero attached hydrogens (tertiary/aromatic N) is 1. The summed E-state index contributed by atoms with van der Waals surface area (Å²) in [5.74, 6) is 0.558. The van der Waals surface area contributed by atoms with E-state index in [1.54, 1.807) is 17.6 Å². The standard InChI is InChI=1S/C18H17N3O3S2/c1-10-7-14(21-16(22)11-4-5-11)26-15(10)17(23)19-8-12-9-24-18(20-12)13-3-2-6-25-13/h2-3,6-7,9,11H,4-5,8H2,1H3,(H,19,23)(H,21,22). The molecule has 1 aliphatic rings. The van der Waals surface area contributed by atoms with Gasteiger partial charge in [-0.1, -0.05) is 6.07 Å². The minimum Gasteiger partial charge on any atom is -0.443 e. The van der Waals surface area contributed by atoms with Gasteiger partial charge in [-0.05, 0) is 42.8 Å². The second kappa shape index (κ2) is 7.05. The third kappa shape index (κ3) is 3.71. The van der Waals surface area contributed by atoms with Gasteiger partial charge in [0.2, 0.25) is 11.8 Å². The van der Waals surface area contributed by atoms with Crippen molar-refractivity contribution in [2.24, 2.45) is 5.92 Å². The van der Waals surface area contributed by atoms with Crippen LogP contribution in [0.3, 0.4) is 0 Å². The molecule has 0 spiro atoms. The number of thiophene rings is 2. The highest BCUT2D eigenvalue weighted by atomic mass is 32.1. The van der Waals surface area contributed by atoms with Crippen LogP contribution in [-0.2, 0) is 11.3 Å². The molecule has 2 N–H and O–H groups in total. The maximum atomic E-state index is 12.4. The first-order valence-corrected chi connectivity index (χ1v) is 9.97. The number of carbonyl (C=O) groups excluding carboxylic acids is 2. The van der Waals surface area contributed by atoms with Crippen molar-refractivity contribution >= 4 is 39.5 Å². The second-order valence-electron chi connectivity index (χ2n) is 6.19. The first-order valence-electron chi connectivity index (χ1n) is 8.28. The SMILES string of the molecule is Cc1cc(NC(=O)C2CC2)sc1C(=O)NCc1coc(-c2cccs2)n1. The summed E-state index contributed by atoms with van der Waals surface area (Å²) in [5, 5.41) is 8.41. The molecule has 0 unspecified atom stereocenters. The van der Waals surface area contributed by atoms with Gasteiger partial charge in [0, 0.05) is 5.92 Å². The number of oxazole rings is 1. The molecule has 0 radical (unpaired) electrons. The molecular formula is C18H17N3O3S2. The van der Waals surface area contributed by atoms with E-state index in [-0.39, 0.29) is 24.3 Å². The van der Waals surface area contributed by atoms with Crippen LogP contribution in [0, 0.1) is 12.8 Å². The smallest absolute Gasteiger partial charge is 0.262 e. The quantitative estimate of drug-likeness (QED) is 0.668. The van der Waals surface area contributed by atoms with Gasteiger partial charge in [-0.15, -0.1) is 22.7 Å². The van der Waals surface area contributed by atoms with Crippen molar-refractivity contribution in [3.63, 3.8) is 0 Å². The van der Waals surface area contributed by atoms with Crippen LogP contribution in [0.1, 0.15) is 33.8 Å². The first kappa shape index (κ1) is 17.0. The monoisotopic (exact) mass is 387 g/mol. The molecule has 6 nitrogen and oxygen atoms in total. The maximum Gasteiger partial charge on any atom is 0.262 e. The zero-order valence-corrected chi connectivity index (χ0v) is 15.7. The lowest BCUT2D eigenvalue weighted by Gasteiger charge is -2.01. The fraction of sp³-hybridized carbons (Fsp3) is 0.278. The van der Waals surface area contributed by atoms with Crippen LogP contribution < -0.4 is 10.6 Å². The van der Waals surface area contributed by atoms with Gasteiger partial charge in [-0.2, -0.15) is 0 Å². The van der Waals surface area contributed by atoms with E-state index in [2.05, 4.69) is 15.6 Å². The highest BCUT2D eigenvalue weighted by molar-refractivity contribution is 7.18. The van der Waals surface area contributed by atoms with Crippen molar-refractivity contribution in [1.82, 2.24) is 10.3 Å². The molecule has 0 aliphatic heterocycles. The highest BCUT2D eigenvalue weighted by Crippen LogP contribution is 2.32. The summed E-state index contributed by atoms with van der Waals surface area (Å²) in [6, 6.07) is 5.71. The van der Waals surface area contributed by atoms with E-state index in [9.17, 15) is 9.59 Å². The average molecular weight is 387 g/mol. The molecule has 3 aromatic heterocycles. The van der Waals surface area contributed by atoms with E-state index in [1.807, 2.05) is 30.5 Å². The predicted molar refractivity (Wildman–Crippen MR) is 101 cm³/mol.